The summed E-state index contributed by atoms with van der Waals surface area (Å²) in [6.07, 6.45) is 0. The number of anilines is 1. The molecule has 0 atom stereocenters. The number of ether oxygens (including phenoxy) is 2. The summed E-state index contributed by atoms with van der Waals surface area (Å²) in [7, 11) is 1.30. The van der Waals surface area contributed by atoms with Crippen molar-refractivity contribution in [3.8, 4) is 11.5 Å². The van der Waals surface area contributed by atoms with E-state index in [1.54, 1.807) is 25.1 Å². The molecule has 0 amide bonds. The van der Waals surface area contributed by atoms with E-state index in [-0.39, 0.29) is 5.56 Å². The number of halogens is 2. The number of benzene rings is 2. The second kappa shape index (κ2) is 6.37. The molecule has 0 aromatic heterocycles. The van der Waals surface area contributed by atoms with E-state index in [2.05, 4.69) is 15.9 Å². The number of nitrogen functional groups attached to an aromatic ring is 1. The summed E-state index contributed by atoms with van der Waals surface area (Å²) in [5.74, 6) is 0.425. The third kappa shape index (κ3) is 3.49. The number of aryl methyl sites for hydroxylation is 1. The number of carbonyl (C=O) groups excluding carboxylic acids is 1. The van der Waals surface area contributed by atoms with E-state index >= 15 is 0 Å². The second-order valence-electron chi connectivity index (χ2n) is 4.37. The predicted octanol–water partition coefficient (Wildman–Crippen LogP) is 4.57. The fourth-order valence-electron chi connectivity index (χ4n) is 1.79. The minimum atomic E-state index is -0.513. The van der Waals surface area contributed by atoms with Crippen molar-refractivity contribution in [1.29, 1.82) is 0 Å². The third-order valence-electron chi connectivity index (χ3n) is 2.89. The van der Waals surface area contributed by atoms with E-state index < -0.39 is 5.97 Å². The molecule has 0 radical (unpaired) electrons. The van der Waals surface area contributed by atoms with Crippen molar-refractivity contribution in [2.24, 2.45) is 0 Å². The zero-order valence-electron chi connectivity index (χ0n) is 11.4. The molecular formula is C15H13BrClNO3. The number of carbonyl (C=O) groups is 1. The van der Waals surface area contributed by atoms with Crippen LogP contribution in [0.3, 0.4) is 0 Å². The highest BCUT2D eigenvalue weighted by Crippen LogP contribution is 2.34. The van der Waals surface area contributed by atoms with Crippen LogP contribution in [0.1, 0.15) is 15.9 Å². The van der Waals surface area contributed by atoms with E-state index in [0.717, 1.165) is 10.0 Å². The molecule has 110 valence electrons. The zero-order valence-corrected chi connectivity index (χ0v) is 13.8. The van der Waals surface area contributed by atoms with Crippen molar-refractivity contribution in [2.75, 3.05) is 12.8 Å². The van der Waals surface area contributed by atoms with Gasteiger partial charge in [0.1, 0.15) is 11.5 Å². The summed E-state index contributed by atoms with van der Waals surface area (Å²) in [6.45, 7) is 1.79. The Morgan fingerprint density at radius 2 is 2.00 bits per heavy atom. The minimum Gasteiger partial charge on any atom is -0.465 e. The van der Waals surface area contributed by atoms with Gasteiger partial charge in [-0.05, 0) is 42.8 Å². The van der Waals surface area contributed by atoms with Gasteiger partial charge in [0.2, 0.25) is 0 Å². The van der Waals surface area contributed by atoms with Gasteiger partial charge in [-0.3, -0.25) is 0 Å². The Hall–Kier alpha value is -1.72. The zero-order chi connectivity index (χ0) is 15.6. The Bertz CT molecular complexity index is 704. The molecule has 0 saturated carbocycles. The van der Waals surface area contributed by atoms with Crippen molar-refractivity contribution in [3.05, 3.63) is 51.0 Å². The van der Waals surface area contributed by atoms with Crippen LogP contribution in [-0.2, 0) is 4.74 Å². The molecule has 0 heterocycles. The maximum absolute atomic E-state index is 11.7. The maximum Gasteiger partial charge on any atom is 0.340 e. The maximum atomic E-state index is 11.7. The number of rotatable bonds is 3. The van der Waals surface area contributed by atoms with Gasteiger partial charge in [0.25, 0.3) is 0 Å². The first-order chi connectivity index (χ1) is 9.92. The number of esters is 1. The average molecular weight is 371 g/mol. The minimum absolute atomic E-state index is 0.263. The highest BCUT2D eigenvalue weighted by molar-refractivity contribution is 9.10. The standard InChI is InChI=1S/C15H13BrClNO3/c1-8-5-10(7-11(14(8)18)15(19)20-2)21-13-6-9(16)3-4-12(13)17/h3-7H,18H2,1-2H3. The highest BCUT2D eigenvalue weighted by Gasteiger charge is 2.15. The van der Waals surface area contributed by atoms with Crippen LogP contribution in [0.25, 0.3) is 0 Å². The molecule has 0 fully saturated rings. The molecule has 2 aromatic rings. The van der Waals surface area contributed by atoms with Crippen LogP contribution >= 0.6 is 27.5 Å². The Balaban J connectivity index is 2.43. The Morgan fingerprint density at radius 1 is 1.29 bits per heavy atom. The lowest BCUT2D eigenvalue weighted by Crippen LogP contribution is -2.07. The van der Waals surface area contributed by atoms with E-state index in [1.807, 2.05) is 6.07 Å². The van der Waals surface area contributed by atoms with E-state index in [0.29, 0.717) is 22.2 Å². The predicted molar refractivity (Wildman–Crippen MR) is 86.2 cm³/mol. The molecule has 21 heavy (non-hydrogen) atoms. The number of nitrogens with two attached hydrogens (primary N) is 1. The lowest BCUT2D eigenvalue weighted by molar-refractivity contribution is 0.0601. The first kappa shape index (κ1) is 15.7. The molecule has 4 nitrogen and oxygen atoms in total. The summed E-state index contributed by atoms with van der Waals surface area (Å²) in [5.41, 5.74) is 7.24. The monoisotopic (exact) mass is 369 g/mol. The van der Waals surface area contributed by atoms with E-state index in [4.69, 9.17) is 26.8 Å². The molecule has 2 aromatic carbocycles. The molecule has 0 spiro atoms. The molecule has 6 heteroatoms. The second-order valence-corrected chi connectivity index (χ2v) is 5.69. The van der Waals surface area contributed by atoms with Crippen LogP contribution in [0.4, 0.5) is 5.69 Å². The first-order valence-corrected chi connectivity index (χ1v) is 7.21. The van der Waals surface area contributed by atoms with Gasteiger partial charge in [-0.15, -0.1) is 0 Å². The molecule has 2 N–H and O–H groups in total. The first-order valence-electron chi connectivity index (χ1n) is 6.03. The van der Waals surface area contributed by atoms with Gasteiger partial charge in [0.15, 0.2) is 0 Å². The molecule has 0 bridgehead atoms. The number of methoxy groups -OCH3 is 1. The van der Waals surface area contributed by atoms with Crippen LogP contribution in [0.2, 0.25) is 5.02 Å². The topological polar surface area (TPSA) is 61.5 Å². The lowest BCUT2D eigenvalue weighted by atomic mass is 10.1. The van der Waals surface area contributed by atoms with Gasteiger partial charge in [-0.1, -0.05) is 27.5 Å². The summed E-state index contributed by atoms with van der Waals surface area (Å²) >= 11 is 9.44. The summed E-state index contributed by atoms with van der Waals surface area (Å²) < 4.78 is 11.3. The smallest absolute Gasteiger partial charge is 0.340 e. The van der Waals surface area contributed by atoms with Crippen LogP contribution < -0.4 is 10.5 Å². The molecule has 0 saturated heterocycles. The van der Waals surface area contributed by atoms with E-state index in [1.165, 1.54) is 13.2 Å². The molecule has 0 unspecified atom stereocenters. The van der Waals surface area contributed by atoms with Gasteiger partial charge >= 0.3 is 5.97 Å². The van der Waals surface area contributed by atoms with Gasteiger partial charge in [0, 0.05) is 10.2 Å². The van der Waals surface area contributed by atoms with Crippen LogP contribution in [0.5, 0.6) is 11.5 Å². The average Bonchev–Trinajstić information content (AvgIpc) is 2.45. The van der Waals surface area contributed by atoms with Gasteiger partial charge in [-0.25, -0.2) is 4.79 Å². The third-order valence-corrected chi connectivity index (χ3v) is 3.69. The van der Waals surface area contributed by atoms with Crippen molar-refractivity contribution < 1.29 is 14.3 Å². The SMILES string of the molecule is COC(=O)c1cc(Oc2cc(Br)ccc2Cl)cc(C)c1N. The summed E-state index contributed by atoms with van der Waals surface area (Å²) in [4.78, 5) is 11.7. The van der Waals surface area contributed by atoms with Crippen molar-refractivity contribution in [3.63, 3.8) is 0 Å². The van der Waals surface area contributed by atoms with Gasteiger partial charge < -0.3 is 15.2 Å². The Kier molecular flexibility index (Phi) is 4.75. The Morgan fingerprint density at radius 3 is 2.67 bits per heavy atom. The van der Waals surface area contributed by atoms with Gasteiger partial charge in [-0.2, -0.15) is 0 Å². The lowest BCUT2D eigenvalue weighted by Gasteiger charge is -2.12. The highest BCUT2D eigenvalue weighted by atomic mass is 79.9. The fraction of sp³-hybridized carbons (Fsp3) is 0.133. The number of hydrogen-bond acceptors (Lipinski definition) is 4. The normalized spacial score (nSPS) is 10.3. The largest absolute Gasteiger partial charge is 0.465 e. The number of hydrogen-bond donors (Lipinski definition) is 1. The Labute approximate surface area is 135 Å². The van der Waals surface area contributed by atoms with Crippen LogP contribution in [0.15, 0.2) is 34.8 Å². The quantitative estimate of drug-likeness (QED) is 0.635. The molecule has 2 rings (SSSR count). The molecule has 0 aliphatic heterocycles. The molecule has 0 aliphatic carbocycles. The van der Waals surface area contributed by atoms with Crippen molar-refractivity contribution in [2.45, 2.75) is 6.92 Å². The molecule has 0 aliphatic rings. The van der Waals surface area contributed by atoms with Crippen molar-refractivity contribution >= 4 is 39.2 Å². The summed E-state index contributed by atoms with van der Waals surface area (Å²) in [5, 5.41) is 0.465. The molecular weight excluding hydrogens is 358 g/mol. The van der Waals surface area contributed by atoms with Gasteiger partial charge in [0.05, 0.1) is 17.7 Å². The fourth-order valence-corrected chi connectivity index (χ4v) is 2.28. The van der Waals surface area contributed by atoms with Crippen molar-refractivity contribution in [1.82, 2.24) is 0 Å². The summed E-state index contributed by atoms with van der Waals surface area (Å²) in [6, 6.07) is 8.53. The van der Waals surface area contributed by atoms with E-state index in [9.17, 15) is 4.79 Å². The van der Waals surface area contributed by atoms with Crippen LogP contribution in [-0.4, -0.2) is 13.1 Å². The van der Waals surface area contributed by atoms with Crippen LogP contribution in [0, 0.1) is 6.92 Å².